The number of anilines is 1. The maximum atomic E-state index is 12.6. The lowest BCUT2D eigenvalue weighted by atomic mass is 10.1. The molecule has 0 saturated carbocycles. The van der Waals surface area contributed by atoms with Crippen molar-refractivity contribution in [2.75, 3.05) is 11.4 Å². The number of hydrogen-bond donors (Lipinski definition) is 1. The second-order valence-corrected chi connectivity index (χ2v) is 5.62. The molecule has 0 saturated heterocycles. The van der Waals surface area contributed by atoms with Crippen LogP contribution in [0.4, 0.5) is 5.69 Å². The summed E-state index contributed by atoms with van der Waals surface area (Å²) in [5.41, 5.74) is 4.45. The number of hydrogen-bond acceptors (Lipinski definition) is 4. The van der Waals surface area contributed by atoms with Crippen LogP contribution in [0.3, 0.4) is 0 Å². The zero-order valence-corrected chi connectivity index (χ0v) is 13.2. The zero-order chi connectivity index (χ0) is 17.2. The van der Waals surface area contributed by atoms with Gasteiger partial charge in [-0.15, -0.1) is 0 Å². The Kier molecular flexibility index (Phi) is 3.70. The molecule has 6 nitrogen and oxygen atoms in total. The smallest absolute Gasteiger partial charge is 0.260 e. The molecule has 0 fully saturated rings. The molecule has 0 aliphatic carbocycles. The van der Waals surface area contributed by atoms with Crippen molar-refractivity contribution < 1.29 is 9.59 Å². The number of pyridine rings is 1. The predicted octanol–water partition coefficient (Wildman–Crippen LogP) is 2.35. The first-order valence-corrected chi connectivity index (χ1v) is 7.80. The summed E-state index contributed by atoms with van der Waals surface area (Å²) in [6.07, 6.45) is 3.10. The second kappa shape index (κ2) is 6.16. The van der Waals surface area contributed by atoms with Crippen LogP contribution in [0.25, 0.3) is 10.8 Å². The van der Waals surface area contributed by atoms with E-state index in [4.69, 9.17) is 0 Å². The lowest BCUT2D eigenvalue weighted by molar-refractivity contribution is -0.119. The highest BCUT2D eigenvalue weighted by Crippen LogP contribution is 2.36. The molecule has 3 aromatic rings. The van der Waals surface area contributed by atoms with Crippen molar-refractivity contribution >= 4 is 34.5 Å². The van der Waals surface area contributed by atoms with E-state index >= 15 is 0 Å². The first-order chi connectivity index (χ1) is 12.2. The summed E-state index contributed by atoms with van der Waals surface area (Å²) in [5, 5.41) is 5.76. The molecular weight excluding hydrogens is 316 g/mol. The van der Waals surface area contributed by atoms with Gasteiger partial charge in [-0.25, -0.2) is 5.43 Å². The Bertz CT molecular complexity index is 993. The average Bonchev–Trinajstić information content (AvgIpc) is 2.91. The summed E-state index contributed by atoms with van der Waals surface area (Å²) in [6, 6.07) is 16.7. The van der Waals surface area contributed by atoms with Crippen LogP contribution in [0, 0.1) is 0 Å². The van der Waals surface area contributed by atoms with Crippen molar-refractivity contribution in [1.82, 2.24) is 10.4 Å². The van der Waals surface area contributed by atoms with Gasteiger partial charge in [0.15, 0.2) is 0 Å². The molecule has 1 aliphatic heterocycles. The summed E-state index contributed by atoms with van der Waals surface area (Å²) >= 11 is 0. The minimum atomic E-state index is -0.370. The Morgan fingerprint density at radius 1 is 1.12 bits per heavy atom. The van der Waals surface area contributed by atoms with Crippen LogP contribution >= 0.6 is 0 Å². The number of carbonyl (C=O) groups excluding carboxylic acids is 2. The van der Waals surface area contributed by atoms with Gasteiger partial charge in [-0.3, -0.25) is 19.5 Å². The number of aromatic nitrogens is 1. The van der Waals surface area contributed by atoms with E-state index in [1.54, 1.807) is 24.4 Å². The molecular formula is C19H14N4O2. The van der Waals surface area contributed by atoms with E-state index < -0.39 is 0 Å². The molecule has 25 heavy (non-hydrogen) atoms. The van der Waals surface area contributed by atoms with Gasteiger partial charge in [-0.1, -0.05) is 30.3 Å². The van der Waals surface area contributed by atoms with Crippen molar-refractivity contribution in [2.45, 2.75) is 0 Å². The second-order valence-electron chi connectivity index (χ2n) is 5.62. The van der Waals surface area contributed by atoms with E-state index in [1.165, 1.54) is 11.1 Å². The van der Waals surface area contributed by atoms with E-state index in [2.05, 4.69) is 15.5 Å². The van der Waals surface area contributed by atoms with Crippen LogP contribution < -0.4 is 10.3 Å². The van der Waals surface area contributed by atoms with Crippen molar-refractivity contribution in [2.24, 2.45) is 5.10 Å². The number of nitrogens with zero attached hydrogens (tertiary/aromatic N) is 3. The molecule has 6 heteroatoms. The number of benzene rings is 2. The van der Waals surface area contributed by atoms with Gasteiger partial charge in [0.1, 0.15) is 6.54 Å². The van der Waals surface area contributed by atoms with Crippen LogP contribution in [-0.2, 0) is 4.79 Å². The summed E-state index contributed by atoms with van der Waals surface area (Å²) in [5.74, 6) is -0.541. The molecule has 2 aromatic carbocycles. The Morgan fingerprint density at radius 2 is 1.96 bits per heavy atom. The van der Waals surface area contributed by atoms with Gasteiger partial charge in [-0.2, -0.15) is 5.10 Å². The van der Waals surface area contributed by atoms with Crippen LogP contribution in [0.1, 0.15) is 16.1 Å². The Labute approximate surface area is 143 Å². The third-order valence-electron chi connectivity index (χ3n) is 4.02. The van der Waals surface area contributed by atoms with Gasteiger partial charge in [-0.05, 0) is 29.7 Å². The first-order valence-electron chi connectivity index (χ1n) is 7.80. The molecule has 1 aromatic heterocycles. The minimum absolute atomic E-state index is 0.0911. The number of carbonyl (C=O) groups is 2. The molecule has 1 N–H and O–H groups in total. The van der Waals surface area contributed by atoms with Gasteiger partial charge in [0, 0.05) is 17.1 Å². The van der Waals surface area contributed by atoms with Gasteiger partial charge in [0.25, 0.3) is 11.8 Å². The largest absolute Gasteiger partial charge is 0.298 e. The van der Waals surface area contributed by atoms with Crippen LogP contribution in [0.5, 0.6) is 0 Å². The van der Waals surface area contributed by atoms with Crippen LogP contribution in [-0.4, -0.2) is 29.6 Å². The molecule has 2 heterocycles. The van der Waals surface area contributed by atoms with E-state index in [1.807, 2.05) is 36.4 Å². The van der Waals surface area contributed by atoms with Crippen LogP contribution in [0.2, 0.25) is 0 Å². The predicted molar refractivity (Wildman–Crippen MR) is 95.6 cm³/mol. The van der Waals surface area contributed by atoms with E-state index in [0.717, 1.165) is 16.5 Å². The number of amides is 2. The third kappa shape index (κ3) is 2.74. The Balaban J connectivity index is 1.50. The summed E-state index contributed by atoms with van der Waals surface area (Å²) in [6.45, 7) is -0.0911. The van der Waals surface area contributed by atoms with Crippen molar-refractivity contribution in [3.8, 4) is 0 Å². The Hall–Kier alpha value is -3.54. The molecule has 122 valence electrons. The lowest BCUT2D eigenvalue weighted by Gasteiger charge is -2.16. The molecule has 0 bridgehead atoms. The number of hydrazone groups is 1. The SMILES string of the molecule is O=C(CN1C(=O)c2cccc3cccc1c23)N/N=C/c1ccccn1. The molecule has 0 unspecified atom stereocenters. The van der Waals surface area contributed by atoms with Crippen molar-refractivity contribution in [3.63, 3.8) is 0 Å². The fraction of sp³-hybridized carbons (Fsp3) is 0.0526. The fourth-order valence-corrected chi connectivity index (χ4v) is 2.94. The molecule has 1 aliphatic rings. The maximum absolute atomic E-state index is 12.6. The molecule has 4 rings (SSSR count). The van der Waals surface area contributed by atoms with Crippen molar-refractivity contribution in [1.29, 1.82) is 0 Å². The van der Waals surface area contributed by atoms with Gasteiger partial charge >= 0.3 is 0 Å². The molecule has 0 spiro atoms. The minimum Gasteiger partial charge on any atom is -0.298 e. The summed E-state index contributed by atoms with van der Waals surface area (Å²) in [4.78, 5) is 30.3. The molecule has 0 atom stereocenters. The lowest BCUT2D eigenvalue weighted by Crippen LogP contribution is -2.37. The van der Waals surface area contributed by atoms with Gasteiger partial charge in [0.05, 0.1) is 17.6 Å². The van der Waals surface area contributed by atoms with E-state index in [0.29, 0.717) is 11.3 Å². The summed E-state index contributed by atoms with van der Waals surface area (Å²) in [7, 11) is 0. The third-order valence-corrected chi connectivity index (χ3v) is 4.02. The van der Waals surface area contributed by atoms with Crippen LogP contribution in [0.15, 0.2) is 65.9 Å². The first kappa shape index (κ1) is 15.0. The fourth-order valence-electron chi connectivity index (χ4n) is 2.94. The van der Waals surface area contributed by atoms with E-state index in [-0.39, 0.29) is 18.4 Å². The number of nitrogens with one attached hydrogen (secondary N) is 1. The van der Waals surface area contributed by atoms with Gasteiger partial charge < -0.3 is 0 Å². The summed E-state index contributed by atoms with van der Waals surface area (Å²) < 4.78 is 0. The average molecular weight is 330 g/mol. The number of rotatable bonds is 4. The molecule has 0 radical (unpaired) electrons. The highest BCUT2D eigenvalue weighted by molar-refractivity contribution is 6.26. The van der Waals surface area contributed by atoms with Gasteiger partial charge in [0.2, 0.25) is 0 Å². The zero-order valence-electron chi connectivity index (χ0n) is 13.2. The van der Waals surface area contributed by atoms with Crippen molar-refractivity contribution in [3.05, 3.63) is 72.1 Å². The highest BCUT2D eigenvalue weighted by atomic mass is 16.2. The topological polar surface area (TPSA) is 74.7 Å². The molecule has 2 amide bonds. The quantitative estimate of drug-likeness (QED) is 0.589. The maximum Gasteiger partial charge on any atom is 0.260 e. The standard InChI is InChI=1S/C19H14N4O2/c24-17(22-21-11-14-7-1-2-10-20-14)12-23-16-9-4-6-13-5-3-8-15(18(13)16)19(23)25/h1-11H,12H2,(H,22,24)/b21-11+. The highest BCUT2D eigenvalue weighted by Gasteiger charge is 2.30. The monoisotopic (exact) mass is 330 g/mol. The van der Waals surface area contributed by atoms with E-state index in [9.17, 15) is 9.59 Å². The normalized spacial score (nSPS) is 13.0. The Morgan fingerprint density at radius 3 is 2.76 bits per heavy atom.